The van der Waals surface area contributed by atoms with Gasteiger partial charge in [-0.1, -0.05) is 12.1 Å². The number of hydrogen-bond donors (Lipinski definition) is 2. The van der Waals surface area contributed by atoms with E-state index in [9.17, 15) is 4.79 Å². The molecule has 3 N–H and O–H groups in total. The van der Waals surface area contributed by atoms with Crippen molar-refractivity contribution in [3.8, 4) is 0 Å². The van der Waals surface area contributed by atoms with Gasteiger partial charge in [0.05, 0.1) is 0 Å². The van der Waals surface area contributed by atoms with Crippen molar-refractivity contribution in [3.63, 3.8) is 0 Å². The Kier molecular flexibility index (Phi) is 4.10. The molecule has 0 atom stereocenters. The number of halogens is 1. The molecule has 1 aromatic heterocycles. The van der Waals surface area contributed by atoms with Crippen LogP contribution >= 0.6 is 11.6 Å². The third-order valence-electron chi connectivity index (χ3n) is 2.22. The maximum atomic E-state index is 11.6. The van der Waals surface area contributed by atoms with Gasteiger partial charge in [0.15, 0.2) is 0 Å². The minimum Gasteiger partial charge on any atom is -0.399 e. The van der Waals surface area contributed by atoms with Gasteiger partial charge in [0.2, 0.25) is 11.2 Å². The SMILES string of the molecule is Nc1cccc(/C=C/C(=O)Nc2ccnc(Cl)n2)c1. The van der Waals surface area contributed by atoms with Gasteiger partial charge in [-0.3, -0.25) is 4.79 Å². The average Bonchev–Trinajstić information content (AvgIpc) is 2.36. The standard InChI is InChI=1S/C13H11ClN4O/c14-13-16-7-6-11(18-13)17-12(19)5-4-9-2-1-3-10(15)8-9/h1-8H,15H2,(H,16,17,18,19)/b5-4+. The number of rotatable bonds is 3. The zero-order valence-electron chi connectivity index (χ0n) is 9.88. The fraction of sp³-hybridized carbons (Fsp3) is 0. The number of amides is 1. The summed E-state index contributed by atoms with van der Waals surface area (Å²) >= 11 is 5.61. The maximum Gasteiger partial charge on any atom is 0.249 e. The molecule has 2 rings (SSSR count). The quantitative estimate of drug-likeness (QED) is 0.511. The van der Waals surface area contributed by atoms with Gasteiger partial charge in [0.25, 0.3) is 0 Å². The molecule has 19 heavy (non-hydrogen) atoms. The fourth-order valence-electron chi connectivity index (χ4n) is 1.41. The molecule has 5 nitrogen and oxygen atoms in total. The van der Waals surface area contributed by atoms with Crippen molar-refractivity contribution in [2.45, 2.75) is 0 Å². The van der Waals surface area contributed by atoms with E-state index < -0.39 is 0 Å². The molecule has 2 aromatic rings. The molecule has 96 valence electrons. The number of hydrogen-bond acceptors (Lipinski definition) is 4. The van der Waals surface area contributed by atoms with Crippen molar-refractivity contribution in [1.29, 1.82) is 0 Å². The van der Waals surface area contributed by atoms with Crippen molar-refractivity contribution >= 4 is 35.1 Å². The van der Waals surface area contributed by atoms with Crippen LogP contribution in [0, 0.1) is 0 Å². The highest BCUT2D eigenvalue weighted by Crippen LogP contribution is 2.09. The van der Waals surface area contributed by atoms with Gasteiger partial charge >= 0.3 is 0 Å². The lowest BCUT2D eigenvalue weighted by atomic mass is 10.2. The Morgan fingerprint density at radius 2 is 2.21 bits per heavy atom. The molecule has 0 bridgehead atoms. The predicted octanol–water partition coefficient (Wildman–Crippen LogP) is 2.36. The largest absolute Gasteiger partial charge is 0.399 e. The Balaban J connectivity index is 2.01. The second-order valence-corrected chi connectivity index (χ2v) is 4.04. The number of nitrogen functional groups attached to an aromatic ring is 1. The minimum atomic E-state index is -0.308. The molecule has 1 heterocycles. The number of nitrogens with two attached hydrogens (primary N) is 1. The topological polar surface area (TPSA) is 80.9 Å². The van der Waals surface area contributed by atoms with Crippen LogP contribution in [0.25, 0.3) is 6.08 Å². The van der Waals surface area contributed by atoms with Crippen LogP contribution in [0.1, 0.15) is 5.56 Å². The molecule has 0 saturated carbocycles. The first-order valence-corrected chi connectivity index (χ1v) is 5.84. The molecule has 6 heteroatoms. The summed E-state index contributed by atoms with van der Waals surface area (Å²) in [5.74, 6) is 0.0411. The lowest BCUT2D eigenvalue weighted by Crippen LogP contribution is -2.09. The molecular formula is C13H11ClN4O. The van der Waals surface area contributed by atoms with Crippen molar-refractivity contribution in [2.75, 3.05) is 11.1 Å². The number of nitrogens with one attached hydrogen (secondary N) is 1. The van der Waals surface area contributed by atoms with E-state index in [1.807, 2.05) is 12.1 Å². The highest BCUT2D eigenvalue weighted by molar-refractivity contribution is 6.28. The molecule has 0 fully saturated rings. The van der Waals surface area contributed by atoms with Crippen molar-refractivity contribution in [3.05, 3.63) is 53.5 Å². The summed E-state index contributed by atoms with van der Waals surface area (Å²) < 4.78 is 0. The highest BCUT2D eigenvalue weighted by atomic mass is 35.5. The van der Waals surface area contributed by atoms with Crippen LogP contribution in [0.2, 0.25) is 5.28 Å². The van der Waals surface area contributed by atoms with Gasteiger partial charge in [0, 0.05) is 18.0 Å². The molecular weight excluding hydrogens is 264 g/mol. The summed E-state index contributed by atoms with van der Waals surface area (Å²) in [6.07, 6.45) is 4.52. The first-order valence-electron chi connectivity index (χ1n) is 5.46. The van der Waals surface area contributed by atoms with E-state index in [-0.39, 0.29) is 11.2 Å². The van der Waals surface area contributed by atoms with E-state index in [0.29, 0.717) is 11.5 Å². The minimum absolute atomic E-state index is 0.0811. The fourth-order valence-corrected chi connectivity index (χ4v) is 1.55. The first-order chi connectivity index (χ1) is 9.13. The number of nitrogens with zero attached hydrogens (tertiary/aromatic N) is 2. The number of carbonyl (C=O) groups excluding carboxylic acids is 1. The van der Waals surface area contributed by atoms with Gasteiger partial charge in [-0.15, -0.1) is 0 Å². The Labute approximate surface area is 115 Å². The highest BCUT2D eigenvalue weighted by Gasteiger charge is 2.00. The molecule has 0 aliphatic heterocycles. The summed E-state index contributed by atoms with van der Waals surface area (Å²) in [7, 11) is 0. The normalized spacial score (nSPS) is 10.6. The van der Waals surface area contributed by atoms with Gasteiger partial charge < -0.3 is 11.1 Å². The Morgan fingerprint density at radius 1 is 1.37 bits per heavy atom. The van der Waals surface area contributed by atoms with E-state index in [1.165, 1.54) is 12.3 Å². The molecule has 1 amide bonds. The Morgan fingerprint density at radius 3 is 2.95 bits per heavy atom. The van der Waals surface area contributed by atoms with E-state index in [2.05, 4.69) is 15.3 Å². The predicted molar refractivity (Wildman–Crippen MR) is 75.6 cm³/mol. The third kappa shape index (κ3) is 4.08. The van der Waals surface area contributed by atoms with Crippen molar-refractivity contribution < 1.29 is 4.79 Å². The van der Waals surface area contributed by atoms with Crippen LogP contribution < -0.4 is 11.1 Å². The number of carbonyl (C=O) groups is 1. The van der Waals surface area contributed by atoms with E-state index in [1.54, 1.807) is 24.3 Å². The summed E-state index contributed by atoms with van der Waals surface area (Å²) in [5.41, 5.74) is 7.13. The maximum absolute atomic E-state index is 11.6. The van der Waals surface area contributed by atoms with Crippen LogP contribution in [0.3, 0.4) is 0 Å². The third-order valence-corrected chi connectivity index (χ3v) is 2.40. The molecule has 0 saturated heterocycles. The summed E-state index contributed by atoms with van der Waals surface area (Å²) in [6, 6.07) is 8.77. The lowest BCUT2D eigenvalue weighted by molar-refractivity contribution is -0.111. The lowest BCUT2D eigenvalue weighted by Gasteiger charge is -2.00. The smallest absolute Gasteiger partial charge is 0.249 e. The average molecular weight is 275 g/mol. The zero-order chi connectivity index (χ0) is 13.7. The van der Waals surface area contributed by atoms with Crippen LogP contribution in [0.4, 0.5) is 11.5 Å². The molecule has 0 unspecified atom stereocenters. The zero-order valence-corrected chi connectivity index (χ0v) is 10.6. The molecule has 0 aliphatic rings. The van der Waals surface area contributed by atoms with Crippen LogP contribution in [0.5, 0.6) is 0 Å². The summed E-state index contributed by atoms with van der Waals surface area (Å²) in [6.45, 7) is 0. The van der Waals surface area contributed by atoms with Gasteiger partial charge in [0.1, 0.15) is 5.82 Å². The number of aromatic nitrogens is 2. The van der Waals surface area contributed by atoms with E-state index >= 15 is 0 Å². The molecule has 0 radical (unpaired) electrons. The van der Waals surface area contributed by atoms with Crippen molar-refractivity contribution in [1.82, 2.24) is 9.97 Å². The molecule has 1 aromatic carbocycles. The van der Waals surface area contributed by atoms with E-state index in [0.717, 1.165) is 5.56 Å². The van der Waals surface area contributed by atoms with Crippen LogP contribution in [-0.2, 0) is 4.79 Å². The Bertz CT molecular complexity index is 628. The monoisotopic (exact) mass is 274 g/mol. The molecule has 0 spiro atoms. The van der Waals surface area contributed by atoms with Gasteiger partial charge in [-0.25, -0.2) is 9.97 Å². The first kappa shape index (κ1) is 13.0. The number of anilines is 2. The van der Waals surface area contributed by atoms with Crippen molar-refractivity contribution in [2.24, 2.45) is 0 Å². The second kappa shape index (κ2) is 5.97. The van der Waals surface area contributed by atoms with Crippen LogP contribution in [0.15, 0.2) is 42.6 Å². The summed E-state index contributed by atoms with van der Waals surface area (Å²) in [4.78, 5) is 19.2. The Hall–Kier alpha value is -2.40. The molecule has 0 aliphatic carbocycles. The number of benzene rings is 1. The second-order valence-electron chi connectivity index (χ2n) is 3.70. The van der Waals surface area contributed by atoms with Gasteiger partial charge in [-0.2, -0.15) is 0 Å². The summed E-state index contributed by atoms with van der Waals surface area (Å²) in [5, 5.41) is 2.66. The van der Waals surface area contributed by atoms with Crippen LogP contribution in [-0.4, -0.2) is 15.9 Å². The van der Waals surface area contributed by atoms with E-state index in [4.69, 9.17) is 17.3 Å². The van der Waals surface area contributed by atoms with Gasteiger partial charge in [-0.05, 0) is 41.4 Å².